The number of imide groups is 1. The van der Waals surface area contributed by atoms with E-state index in [-0.39, 0.29) is 29.2 Å². The monoisotopic (exact) mass is 478 g/mol. The highest BCUT2D eigenvalue weighted by Crippen LogP contribution is 2.31. The van der Waals surface area contributed by atoms with E-state index >= 15 is 0 Å². The minimum absolute atomic E-state index is 0.000362. The van der Waals surface area contributed by atoms with Gasteiger partial charge in [-0.2, -0.15) is 13.2 Å². The number of carbonyl (C=O) groups excluding carboxylic acids is 2. The lowest BCUT2D eigenvalue weighted by Gasteiger charge is -2.30. The third-order valence-electron chi connectivity index (χ3n) is 5.41. The molecular formula is C21H21F3N6O2S. The van der Waals surface area contributed by atoms with E-state index in [9.17, 15) is 22.8 Å². The van der Waals surface area contributed by atoms with Crippen molar-refractivity contribution >= 4 is 34.9 Å². The van der Waals surface area contributed by atoms with E-state index in [0.717, 1.165) is 43.5 Å². The summed E-state index contributed by atoms with van der Waals surface area (Å²) in [4.78, 5) is 35.7. The summed E-state index contributed by atoms with van der Waals surface area (Å²) in [6, 6.07) is 4.20. The molecule has 0 unspecified atom stereocenters. The molecule has 33 heavy (non-hydrogen) atoms. The van der Waals surface area contributed by atoms with Crippen molar-refractivity contribution in [2.75, 3.05) is 5.32 Å². The minimum atomic E-state index is -4.42. The Hall–Kier alpha value is -2.99. The van der Waals surface area contributed by atoms with Crippen LogP contribution in [0.2, 0.25) is 0 Å². The van der Waals surface area contributed by atoms with Gasteiger partial charge in [0.2, 0.25) is 5.95 Å². The Morgan fingerprint density at radius 2 is 1.85 bits per heavy atom. The van der Waals surface area contributed by atoms with Crippen LogP contribution in [0.3, 0.4) is 0 Å². The van der Waals surface area contributed by atoms with Crippen LogP contribution >= 0.6 is 11.8 Å². The SMILES string of the molecule is O=C1NC(=O)C(=Cc2ccnc(N[C@H]3CC[C@H](NCc4ncccc4C(F)(F)F)CC3)n2)S1. The fourth-order valence-electron chi connectivity index (χ4n) is 3.78. The number of aromatic nitrogens is 3. The van der Waals surface area contributed by atoms with Crippen LogP contribution in [0.5, 0.6) is 0 Å². The standard InChI is InChI=1S/C21H21F3N6O2S/c22-21(23,24)15-2-1-8-25-16(15)11-27-12-3-5-13(6-4-12)28-19-26-9-7-14(29-19)10-17-18(31)30-20(32)33-17/h1-2,7-10,12-13,27H,3-6,11H2,(H,26,28,29)(H,30,31,32)/t12-,13-. The van der Waals surface area contributed by atoms with Crippen LogP contribution in [0.25, 0.3) is 6.08 Å². The number of carbonyl (C=O) groups is 2. The van der Waals surface area contributed by atoms with Gasteiger partial charge in [-0.05, 0) is 61.7 Å². The number of alkyl halides is 3. The molecule has 0 radical (unpaired) electrons. The van der Waals surface area contributed by atoms with Gasteiger partial charge in [0.25, 0.3) is 11.1 Å². The molecule has 3 heterocycles. The number of thioether (sulfide) groups is 1. The molecule has 4 rings (SSSR count). The highest BCUT2D eigenvalue weighted by atomic mass is 32.2. The highest BCUT2D eigenvalue weighted by molar-refractivity contribution is 8.18. The maximum Gasteiger partial charge on any atom is 0.418 e. The number of nitrogens with one attached hydrogen (secondary N) is 3. The molecule has 1 aliphatic carbocycles. The molecule has 174 valence electrons. The summed E-state index contributed by atoms with van der Waals surface area (Å²) in [5.41, 5.74) is -0.205. The van der Waals surface area contributed by atoms with Crippen molar-refractivity contribution in [2.24, 2.45) is 0 Å². The van der Waals surface area contributed by atoms with Crippen molar-refractivity contribution in [1.82, 2.24) is 25.6 Å². The first kappa shape index (κ1) is 23.2. The van der Waals surface area contributed by atoms with Crippen LogP contribution in [0.4, 0.5) is 23.9 Å². The fraction of sp³-hybridized carbons (Fsp3) is 0.381. The number of nitrogens with zero attached hydrogens (tertiary/aromatic N) is 3. The quantitative estimate of drug-likeness (QED) is 0.539. The van der Waals surface area contributed by atoms with E-state index in [1.807, 2.05) is 0 Å². The molecule has 2 fully saturated rings. The maximum atomic E-state index is 13.1. The minimum Gasteiger partial charge on any atom is -0.351 e. The fourth-order valence-corrected chi connectivity index (χ4v) is 4.45. The van der Waals surface area contributed by atoms with Gasteiger partial charge in [-0.3, -0.25) is 19.9 Å². The second-order valence-electron chi connectivity index (χ2n) is 7.73. The smallest absolute Gasteiger partial charge is 0.351 e. The molecule has 0 bridgehead atoms. The number of pyridine rings is 1. The molecule has 1 saturated heterocycles. The molecule has 3 N–H and O–H groups in total. The summed E-state index contributed by atoms with van der Waals surface area (Å²) in [6.45, 7) is 0.0619. The van der Waals surface area contributed by atoms with Crippen molar-refractivity contribution in [3.8, 4) is 0 Å². The maximum absolute atomic E-state index is 13.1. The second-order valence-corrected chi connectivity index (χ2v) is 8.74. The van der Waals surface area contributed by atoms with E-state index in [2.05, 4.69) is 30.9 Å². The van der Waals surface area contributed by atoms with Gasteiger partial charge < -0.3 is 10.6 Å². The topological polar surface area (TPSA) is 109 Å². The Balaban J connectivity index is 1.29. The summed E-state index contributed by atoms with van der Waals surface area (Å²) < 4.78 is 39.4. The molecular weight excluding hydrogens is 457 g/mol. The zero-order valence-corrected chi connectivity index (χ0v) is 18.2. The van der Waals surface area contributed by atoms with Gasteiger partial charge in [0.05, 0.1) is 21.9 Å². The van der Waals surface area contributed by atoms with Gasteiger partial charge >= 0.3 is 6.18 Å². The first-order valence-corrected chi connectivity index (χ1v) is 11.2. The molecule has 8 nitrogen and oxygen atoms in total. The lowest BCUT2D eigenvalue weighted by atomic mass is 9.91. The van der Waals surface area contributed by atoms with Crippen LogP contribution in [0, 0.1) is 0 Å². The van der Waals surface area contributed by atoms with Gasteiger partial charge in [-0.25, -0.2) is 9.97 Å². The predicted molar refractivity (Wildman–Crippen MR) is 117 cm³/mol. The Kier molecular flexibility index (Phi) is 6.94. The molecule has 12 heteroatoms. The van der Waals surface area contributed by atoms with Crippen molar-refractivity contribution in [3.63, 3.8) is 0 Å². The van der Waals surface area contributed by atoms with E-state index in [1.54, 1.807) is 12.3 Å². The van der Waals surface area contributed by atoms with E-state index in [0.29, 0.717) is 11.6 Å². The highest BCUT2D eigenvalue weighted by Gasteiger charge is 2.34. The number of hydrogen-bond donors (Lipinski definition) is 3. The van der Waals surface area contributed by atoms with E-state index < -0.39 is 22.9 Å². The molecule has 1 aliphatic heterocycles. The Labute approximate surface area is 191 Å². The molecule has 2 aromatic rings. The summed E-state index contributed by atoms with van der Waals surface area (Å²) in [5.74, 6) is -0.0317. The molecule has 0 spiro atoms. The van der Waals surface area contributed by atoms with Crippen molar-refractivity contribution in [1.29, 1.82) is 0 Å². The summed E-state index contributed by atoms with van der Waals surface area (Å²) in [6.07, 6.45) is 3.22. The average molecular weight is 479 g/mol. The zero-order chi connectivity index (χ0) is 23.4. The summed E-state index contributed by atoms with van der Waals surface area (Å²) >= 11 is 0.822. The van der Waals surface area contributed by atoms with Crippen LogP contribution in [0.15, 0.2) is 35.5 Å². The van der Waals surface area contributed by atoms with Gasteiger partial charge in [0, 0.05) is 31.0 Å². The lowest BCUT2D eigenvalue weighted by molar-refractivity contribution is -0.138. The first-order valence-electron chi connectivity index (χ1n) is 10.4. The van der Waals surface area contributed by atoms with Crippen LogP contribution in [-0.2, 0) is 17.5 Å². The Morgan fingerprint density at radius 1 is 1.09 bits per heavy atom. The third kappa shape index (κ3) is 6.08. The van der Waals surface area contributed by atoms with E-state index in [1.165, 1.54) is 18.3 Å². The summed E-state index contributed by atoms with van der Waals surface area (Å²) in [5, 5.41) is 8.25. The van der Waals surface area contributed by atoms with Crippen LogP contribution in [-0.4, -0.2) is 38.2 Å². The zero-order valence-electron chi connectivity index (χ0n) is 17.4. The van der Waals surface area contributed by atoms with Crippen molar-refractivity contribution in [2.45, 2.75) is 50.5 Å². The molecule has 2 aromatic heterocycles. The molecule has 2 aliphatic rings. The average Bonchev–Trinajstić information content (AvgIpc) is 3.09. The second kappa shape index (κ2) is 9.87. The van der Waals surface area contributed by atoms with Crippen LogP contribution < -0.4 is 16.0 Å². The molecule has 0 atom stereocenters. The van der Waals surface area contributed by atoms with Gasteiger partial charge in [-0.1, -0.05) is 0 Å². The lowest BCUT2D eigenvalue weighted by Crippen LogP contribution is -2.37. The van der Waals surface area contributed by atoms with Gasteiger partial charge in [-0.15, -0.1) is 0 Å². The number of rotatable bonds is 6. The molecule has 2 amide bonds. The number of halogens is 3. The van der Waals surface area contributed by atoms with Gasteiger partial charge in [0.15, 0.2) is 0 Å². The molecule has 0 aromatic carbocycles. The van der Waals surface area contributed by atoms with Crippen LogP contribution in [0.1, 0.15) is 42.6 Å². The van der Waals surface area contributed by atoms with Crippen molar-refractivity contribution < 1.29 is 22.8 Å². The van der Waals surface area contributed by atoms with Crippen molar-refractivity contribution in [3.05, 3.63) is 52.4 Å². The Bertz CT molecular complexity index is 1070. The predicted octanol–water partition coefficient (Wildman–Crippen LogP) is 3.73. The third-order valence-corrected chi connectivity index (χ3v) is 6.22. The first-order chi connectivity index (χ1) is 15.8. The Morgan fingerprint density at radius 3 is 2.55 bits per heavy atom. The van der Waals surface area contributed by atoms with Gasteiger partial charge in [0.1, 0.15) is 0 Å². The summed E-state index contributed by atoms with van der Waals surface area (Å²) in [7, 11) is 0. The molecule has 1 saturated carbocycles. The number of anilines is 1. The normalized spacial score (nSPS) is 22.5. The number of amides is 2. The number of hydrogen-bond acceptors (Lipinski definition) is 8. The van der Waals surface area contributed by atoms with E-state index in [4.69, 9.17) is 0 Å². The largest absolute Gasteiger partial charge is 0.418 e.